The van der Waals surface area contributed by atoms with Gasteiger partial charge in [-0.1, -0.05) is 29.3 Å². The molecule has 1 atom stereocenters. The number of halogens is 5. The molecule has 0 spiro atoms. The summed E-state index contributed by atoms with van der Waals surface area (Å²) < 4.78 is 27.0. The van der Waals surface area contributed by atoms with Gasteiger partial charge in [-0.15, -0.1) is 11.6 Å². The third-order valence-electron chi connectivity index (χ3n) is 2.79. The van der Waals surface area contributed by atoms with E-state index in [2.05, 4.69) is 0 Å². The van der Waals surface area contributed by atoms with Gasteiger partial charge in [-0.2, -0.15) is 0 Å². The summed E-state index contributed by atoms with van der Waals surface area (Å²) in [6.45, 7) is 1.55. The Bertz CT molecular complexity index is 626. The van der Waals surface area contributed by atoms with Crippen molar-refractivity contribution in [1.29, 1.82) is 0 Å². The zero-order valence-corrected chi connectivity index (χ0v) is 12.1. The van der Waals surface area contributed by atoms with E-state index in [0.717, 1.165) is 6.07 Å². The largest absolute Gasteiger partial charge is 0.207 e. The van der Waals surface area contributed by atoms with Gasteiger partial charge in [0.2, 0.25) is 0 Å². The Morgan fingerprint density at radius 2 is 1.63 bits per heavy atom. The number of aryl methyl sites for hydroxylation is 1. The third kappa shape index (κ3) is 3.02. The van der Waals surface area contributed by atoms with Gasteiger partial charge in [-0.25, -0.2) is 8.78 Å². The maximum absolute atomic E-state index is 13.8. The van der Waals surface area contributed by atoms with Crippen molar-refractivity contribution in [3.63, 3.8) is 0 Å². The van der Waals surface area contributed by atoms with E-state index in [9.17, 15) is 8.78 Å². The minimum Gasteiger partial charge on any atom is -0.207 e. The zero-order chi connectivity index (χ0) is 14.2. The van der Waals surface area contributed by atoms with Crippen molar-refractivity contribution >= 4 is 34.8 Å². The fourth-order valence-corrected chi connectivity index (χ4v) is 2.33. The summed E-state index contributed by atoms with van der Waals surface area (Å²) in [5.41, 5.74) is 1.14. The summed E-state index contributed by atoms with van der Waals surface area (Å²) in [6.07, 6.45) is 0. The second kappa shape index (κ2) is 5.66. The van der Waals surface area contributed by atoms with Gasteiger partial charge in [-0.05, 0) is 36.2 Å². The molecule has 0 aliphatic rings. The summed E-state index contributed by atoms with van der Waals surface area (Å²) in [7, 11) is 0. The molecule has 2 rings (SSSR count). The number of hydrogen-bond acceptors (Lipinski definition) is 0. The lowest BCUT2D eigenvalue weighted by atomic mass is 10.0. The lowest BCUT2D eigenvalue weighted by Gasteiger charge is -2.13. The Labute approximate surface area is 124 Å². The lowest BCUT2D eigenvalue weighted by Crippen LogP contribution is -2.00. The van der Waals surface area contributed by atoms with Crippen LogP contribution in [0.25, 0.3) is 0 Å². The van der Waals surface area contributed by atoms with E-state index in [-0.39, 0.29) is 5.56 Å². The van der Waals surface area contributed by atoms with Crippen molar-refractivity contribution < 1.29 is 8.78 Å². The van der Waals surface area contributed by atoms with Gasteiger partial charge >= 0.3 is 0 Å². The molecule has 0 radical (unpaired) electrons. The molecule has 0 nitrogen and oxygen atoms in total. The second-order valence-corrected chi connectivity index (χ2v) is 5.41. The Kier molecular flexibility index (Phi) is 4.34. The van der Waals surface area contributed by atoms with Crippen LogP contribution >= 0.6 is 34.8 Å². The van der Waals surface area contributed by atoms with E-state index in [1.54, 1.807) is 25.1 Å². The number of rotatable bonds is 2. The average Bonchev–Trinajstić information content (AvgIpc) is 2.36. The van der Waals surface area contributed by atoms with Gasteiger partial charge < -0.3 is 0 Å². The van der Waals surface area contributed by atoms with Crippen LogP contribution in [0.4, 0.5) is 8.78 Å². The Morgan fingerprint density at radius 3 is 2.26 bits per heavy atom. The maximum Gasteiger partial charge on any atom is 0.131 e. The van der Waals surface area contributed by atoms with Crippen LogP contribution < -0.4 is 0 Å². The summed E-state index contributed by atoms with van der Waals surface area (Å²) >= 11 is 17.9. The minimum absolute atomic E-state index is 0.207. The summed E-state index contributed by atoms with van der Waals surface area (Å²) in [6, 6.07) is 7.04. The van der Waals surface area contributed by atoms with Crippen molar-refractivity contribution in [2.45, 2.75) is 12.3 Å². The second-order valence-electron chi connectivity index (χ2n) is 4.16. The molecule has 19 heavy (non-hydrogen) atoms. The highest BCUT2D eigenvalue weighted by Gasteiger charge is 2.18. The van der Waals surface area contributed by atoms with Gasteiger partial charge in [0.25, 0.3) is 0 Å². The number of benzene rings is 2. The number of hydrogen-bond donors (Lipinski definition) is 0. The van der Waals surface area contributed by atoms with Gasteiger partial charge in [0.1, 0.15) is 11.6 Å². The molecule has 0 aromatic heterocycles. The maximum atomic E-state index is 13.8. The highest BCUT2D eigenvalue weighted by molar-refractivity contribution is 6.42. The highest BCUT2D eigenvalue weighted by atomic mass is 35.5. The molecular weight excluding hydrogens is 313 g/mol. The Balaban J connectivity index is 2.46. The third-order valence-corrected chi connectivity index (χ3v) is 4.01. The molecule has 0 saturated heterocycles. The molecule has 0 saturated carbocycles. The van der Waals surface area contributed by atoms with Crippen LogP contribution in [0.5, 0.6) is 0 Å². The van der Waals surface area contributed by atoms with Crippen LogP contribution in [0.15, 0.2) is 30.3 Å². The van der Waals surface area contributed by atoms with Gasteiger partial charge in [0.05, 0.1) is 15.4 Å². The predicted molar refractivity (Wildman–Crippen MR) is 75.3 cm³/mol. The zero-order valence-electron chi connectivity index (χ0n) is 9.85. The molecule has 0 amide bonds. The molecule has 2 aromatic carbocycles. The van der Waals surface area contributed by atoms with Crippen molar-refractivity contribution in [2.24, 2.45) is 0 Å². The van der Waals surface area contributed by atoms with Crippen LogP contribution in [0, 0.1) is 18.6 Å². The van der Waals surface area contributed by atoms with Crippen molar-refractivity contribution in [3.8, 4) is 0 Å². The topological polar surface area (TPSA) is 0 Å². The Morgan fingerprint density at radius 1 is 0.947 bits per heavy atom. The SMILES string of the molecule is Cc1cc(C(Cl)c2ccc(Cl)c(Cl)c2)c(F)cc1F. The Hall–Kier alpha value is -0.830. The molecule has 2 aromatic rings. The smallest absolute Gasteiger partial charge is 0.131 e. The monoisotopic (exact) mass is 320 g/mol. The highest BCUT2D eigenvalue weighted by Crippen LogP contribution is 2.34. The molecule has 100 valence electrons. The molecule has 1 unspecified atom stereocenters. The summed E-state index contributed by atoms with van der Waals surface area (Å²) in [5.74, 6) is -1.28. The molecule has 0 N–H and O–H groups in total. The average molecular weight is 322 g/mol. The molecule has 0 bridgehead atoms. The first-order valence-corrected chi connectivity index (χ1v) is 6.64. The molecule has 5 heteroatoms. The van der Waals surface area contributed by atoms with Gasteiger partial charge in [0.15, 0.2) is 0 Å². The van der Waals surface area contributed by atoms with Crippen LogP contribution in [0.3, 0.4) is 0 Å². The molecule has 0 heterocycles. The first-order valence-electron chi connectivity index (χ1n) is 5.44. The molecule has 0 aliphatic carbocycles. The first kappa shape index (κ1) is 14.6. The normalized spacial score (nSPS) is 12.5. The lowest BCUT2D eigenvalue weighted by molar-refractivity contribution is 0.568. The predicted octanol–water partition coefficient (Wildman–Crippen LogP) is 5.91. The quantitative estimate of drug-likeness (QED) is 0.603. The van der Waals surface area contributed by atoms with Gasteiger partial charge in [-0.3, -0.25) is 0 Å². The summed E-state index contributed by atoms with van der Waals surface area (Å²) in [4.78, 5) is 0. The fourth-order valence-electron chi connectivity index (χ4n) is 1.72. The van der Waals surface area contributed by atoms with Crippen molar-refractivity contribution in [3.05, 3.63) is 68.7 Å². The van der Waals surface area contributed by atoms with E-state index in [0.29, 0.717) is 21.2 Å². The van der Waals surface area contributed by atoms with Gasteiger partial charge in [0, 0.05) is 11.6 Å². The molecular formula is C14H9Cl3F2. The van der Waals surface area contributed by atoms with Crippen molar-refractivity contribution in [1.82, 2.24) is 0 Å². The van der Waals surface area contributed by atoms with Crippen LogP contribution in [0.1, 0.15) is 22.1 Å². The van der Waals surface area contributed by atoms with Crippen LogP contribution in [0.2, 0.25) is 10.0 Å². The minimum atomic E-state index is -0.755. The van der Waals surface area contributed by atoms with Crippen molar-refractivity contribution in [2.75, 3.05) is 0 Å². The van der Waals surface area contributed by atoms with E-state index in [1.165, 1.54) is 6.07 Å². The van der Waals surface area contributed by atoms with E-state index >= 15 is 0 Å². The van der Waals surface area contributed by atoms with Crippen LogP contribution in [-0.2, 0) is 0 Å². The first-order chi connectivity index (χ1) is 8.90. The fraction of sp³-hybridized carbons (Fsp3) is 0.143. The van der Waals surface area contributed by atoms with E-state index < -0.39 is 17.0 Å². The molecule has 0 fully saturated rings. The number of alkyl halides is 1. The van der Waals surface area contributed by atoms with Crippen LogP contribution in [-0.4, -0.2) is 0 Å². The van der Waals surface area contributed by atoms with E-state index in [4.69, 9.17) is 34.8 Å². The molecule has 0 aliphatic heterocycles. The van der Waals surface area contributed by atoms with E-state index in [1.807, 2.05) is 0 Å². The standard InChI is InChI=1S/C14H9Cl3F2/c1-7-4-9(13(19)6-12(7)18)14(17)8-2-3-10(15)11(16)5-8/h2-6,14H,1H3. The summed E-state index contributed by atoms with van der Waals surface area (Å²) in [5, 5.41) is -0.0248.